The average Bonchev–Trinajstić information content (AvgIpc) is 3.16. The van der Waals surface area contributed by atoms with Crippen molar-refractivity contribution in [2.45, 2.75) is 47.0 Å². The number of carbonyl (C=O) groups is 2. The van der Waals surface area contributed by atoms with Crippen LogP contribution in [0.25, 0.3) is 0 Å². The lowest BCUT2D eigenvalue weighted by Gasteiger charge is -2.36. The molecule has 0 spiro atoms. The van der Waals surface area contributed by atoms with Crippen LogP contribution in [0.15, 0.2) is 36.4 Å². The Balaban J connectivity index is 1.66. The number of sulfonamides is 1. The normalized spacial score (nSPS) is 22.1. The second-order valence-electron chi connectivity index (χ2n) is 10.2. The number of ether oxygens (including phenoxy) is 2. The van der Waals surface area contributed by atoms with Crippen LogP contribution in [0.1, 0.15) is 57.3 Å². The Morgan fingerprint density at radius 3 is 2.27 bits per heavy atom. The maximum Gasteiger partial charge on any atom is 0.257 e. The van der Waals surface area contributed by atoms with Gasteiger partial charge < -0.3 is 14.8 Å². The second kappa shape index (κ2) is 10.2. The van der Waals surface area contributed by atoms with Crippen molar-refractivity contribution in [3.05, 3.63) is 47.0 Å². The van der Waals surface area contributed by atoms with Gasteiger partial charge in [-0.3, -0.25) is 14.3 Å². The molecule has 2 bridgehead atoms. The summed E-state index contributed by atoms with van der Waals surface area (Å²) in [5, 5.41) is 3.08. The maximum atomic E-state index is 13.4. The van der Waals surface area contributed by atoms with E-state index in [1.54, 1.807) is 38.1 Å². The van der Waals surface area contributed by atoms with Crippen LogP contribution in [0.2, 0.25) is 5.02 Å². The van der Waals surface area contributed by atoms with Gasteiger partial charge in [0.2, 0.25) is 10.0 Å². The number of halogens is 1. The fraction of sp³-hybridized carbons (Fsp3) is 0.481. The number of fused-ring (bicyclic) bond motifs is 2. The molecular formula is C27H33ClN2O6S. The van der Waals surface area contributed by atoms with Gasteiger partial charge in [-0.1, -0.05) is 37.6 Å². The molecule has 2 aromatic rings. The van der Waals surface area contributed by atoms with Crippen LogP contribution in [0.4, 0.5) is 11.4 Å². The fourth-order valence-electron chi connectivity index (χ4n) is 5.76. The minimum atomic E-state index is -3.93. The highest BCUT2D eigenvalue weighted by molar-refractivity contribution is 7.92. The maximum absolute atomic E-state index is 13.4. The summed E-state index contributed by atoms with van der Waals surface area (Å²) in [5.74, 6) is -0.0120. The molecule has 0 saturated heterocycles. The third kappa shape index (κ3) is 5.03. The van der Waals surface area contributed by atoms with Gasteiger partial charge >= 0.3 is 0 Å². The molecule has 0 radical (unpaired) electrons. The number of hydrogen-bond acceptors (Lipinski definition) is 6. The van der Waals surface area contributed by atoms with Gasteiger partial charge in [0.1, 0.15) is 17.3 Å². The van der Waals surface area contributed by atoms with E-state index in [0.717, 1.165) is 6.42 Å². The quantitative estimate of drug-likeness (QED) is 0.404. The Bertz CT molecular complexity index is 1330. The Kier molecular flexibility index (Phi) is 7.50. The van der Waals surface area contributed by atoms with Gasteiger partial charge in [0.15, 0.2) is 0 Å². The minimum Gasteiger partial charge on any atom is -0.492 e. The van der Waals surface area contributed by atoms with E-state index in [9.17, 15) is 18.0 Å². The lowest BCUT2D eigenvalue weighted by molar-refractivity contribution is -0.128. The first kappa shape index (κ1) is 27.3. The third-order valence-corrected chi connectivity index (χ3v) is 9.62. The van der Waals surface area contributed by atoms with Crippen molar-refractivity contribution in [2.24, 2.45) is 16.7 Å². The molecule has 2 aliphatic rings. The van der Waals surface area contributed by atoms with Crippen molar-refractivity contribution in [2.75, 3.05) is 29.0 Å². The molecule has 8 nitrogen and oxygen atoms in total. The molecule has 0 unspecified atom stereocenters. The highest BCUT2D eigenvalue weighted by Crippen LogP contribution is 2.64. The van der Waals surface area contributed by atoms with Gasteiger partial charge in [0.25, 0.3) is 5.91 Å². The zero-order valence-electron chi connectivity index (χ0n) is 21.5. The van der Waals surface area contributed by atoms with E-state index in [-0.39, 0.29) is 58.8 Å². The molecular weight excluding hydrogens is 516 g/mol. The average molecular weight is 549 g/mol. The van der Waals surface area contributed by atoms with Gasteiger partial charge in [0, 0.05) is 18.6 Å². The van der Waals surface area contributed by atoms with Crippen LogP contribution < -0.4 is 19.5 Å². The number of amides is 1. The van der Waals surface area contributed by atoms with Crippen molar-refractivity contribution in [3.8, 4) is 11.5 Å². The molecule has 37 heavy (non-hydrogen) atoms. The van der Waals surface area contributed by atoms with Crippen LogP contribution in [0.3, 0.4) is 0 Å². The SMILES string of the molecule is CCOc1cc(NS(=O)(=O)C[C@@]23CC[C@H](CC2=O)C3(C)C)c(OCC)cc1NC(=O)c1ccccc1Cl. The van der Waals surface area contributed by atoms with Crippen molar-refractivity contribution < 1.29 is 27.5 Å². The zero-order chi connectivity index (χ0) is 27.0. The molecule has 2 N–H and O–H groups in total. The number of Topliss-reactive ketones (excluding diaryl/α,β-unsaturated/α-hetero) is 1. The lowest BCUT2D eigenvalue weighted by atomic mass is 9.70. The summed E-state index contributed by atoms with van der Waals surface area (Å²) in [6.07, 6.45) is 1.85. The number of benzene rings is 2. The van der Waals surface area contributed by atoms with Crippen LogP contribution in [-0.2, 0) is 14.8 Å². The van der Waals surface area contributed by atoms with Crippen molar-refractivity contribution in [1.82, 2.24) is 0 Å². The number of rotatable bonds is 10. The number of ketones is 1. The molecule has 4 rings (SSSR count). The first-order valence-electron chi connectivity index (χ1n) is 12.5. The largest absolute Gasteiger partial charge is 0.492 e. The predicted molar refractivity (Wildman–Crippen MR) is 144 cm³/mol. The third-order valence-electron chi connectivity index (χ3n) is 7.89. The predicted octanol–water partition coefficient (Wildman–Crippen LogP) is 5.53. The number of carbonyl (C=O) groups excluding carboxylic acids is 2. The van der Waals surface area contributed by atoms with E-state index < -0.39 is 21.3 Å². The van der Waals surface area contributed by atoms with Crippen molar-refractivity contribution in [3.63, 3.8) is 0 Å². The number of nitrogens with one attached hydrogen (secondary N) is 2. The van der Waals surface area contributed by atoms with Crippen LogP contribution in [0.5, 0.6) is 11.5 Å². The highest BCUT2D eigenvalue weighted by atomic mass is 35.5. The molecule has 2 saturated carbocycles. The second-order valence-corrected chi connectivity index (χ2v) is 12.3. The lowest BCUT2D eigenvalue weighted by Crippen LogP contribution is -2.43. The Morgan fingerprint density at radius 2 is 1.70 bits per heavy atom. The van der Waals surface area contributed by atoms with Gasteiger partial charge in [0.05, 0.1) is 46.3 Å². The molecule has 1 amide bonds. The summed E-state index contributed by atoms with van der Waals surface area (Å²) in [5.41, 5.74) is -0.517. The van der Waals surface area contributed by atoms with E-state index in [4.69, 9.17) is 21.1 Å². The van der Waals surface area contributed by atoms with Gasteiger partial charge in [-0.2, -0.15) is 0 Å². The summed E-state index contributed by atoms with van der Waals surface area (Å²) in [4.78, 5) is 25.8. The Labute approximate surface area is 223 Å². The van der Waals surface area contributed by atoms with E-state index in [1.807, 2.05) is 13.8 Å². The van der Waals surface area contributed by atoms with E-state index in [1.165, 1.54) is 12.1 Å². The smallest absolute Gasteiger partial charge is 0.257 e. The molecule has 2 atom stereocenters. The van der Waals surface area contributed by atoms with Gasteiger partial charge in [-0.05, 0) is 50.2 Å². The number of hydrogen-bond donors (Lipinski definition) is 2. The van der Waals surface area contributed by atoms with Crippen LogP contribution >= 0.6 is 11.6 Å². The fourth-order valence-corrected chi connectivity index (χ4v) is 7.87. The van der Waals surface area contributed by atoms with Gasteiger partial charge in [-0.25, -0.2) is 8.42 Å². The van der Waals surface area contributed by atoms with Gasteiger partial charge in [-0.15, -0.1) is 0 Å². The molecule has 200 valence electrons. The Morgan fingerprint density at radius 1 is 1.08 bits per heavy atom. The van der Waals surface area contributed by atoms with Crippen LogP contribution in [0, 0.1) is 16.7 Å². The summed E-state index contributed by atoms with van der Waals surface area (Å²) in [7, 11) is -3.93. The summed E-state index contributed by atoms with van der Waals surface area (Å²) >= 11 is 6.17. The zero-order valence-corrected chi connectivity index (χ0v) is 23.1. The number of anilines is 2. The molecule has 0 heterocycles. The first-order chi connectivity index (χ1) is 17.4. The summed E-state index contributed by atoms with van der Waals surface area (Å²) in [6, 6.07) is 9.66. The molecule has 0 aliphatic heterocycles. The van der Waals surface area contributed by atoms with Crippen molar-refractivity contribution >= 4 is 44.7 Å². The standard InChI is InChI=1S/C27H33ClN2O6S/c1-5-35-22-15-21(30-37(33,34)16-27-12-11-17(13-24(27)31)26(27,3)4)23(36-6-2)14-20(22)29-25(32)18-9-7-8-10-19(18)28/h7-10,14-15,17,30H,5-6,11-13,16H2,1-4H3,(H,29,32)/t17-,27+/m1/s1. The molecule has 0 aromatic heterocycles. The Hall–Kier alpha value is -2.78. The minimum absolute atomic E-state index is 0.0248. The first-order valence-corrected chi connectivity index (χ1v) is 14.5. The topological polar surface area (TPSA) is 111 Å². The molecule has 10 heteroatoms. The van der Waals surface area contributed by atoms with Crippen LogP contribution in [-0.4, -0.2) is 39.1 Å². The van der Waals surface area contributed by atoms with E-state index >= 15 is 0 Å². The molecule has 2 aromatic carbocycles. The highest BCUT2D eigenvalue weighted by Gasteiger charge is 2.65. The molecule has 2 fully saturated rings. The van der Waals surface area contributed by atoms with Crippen molar-refractivity contribution in [1.29, 1.82) is 0 Å². The molecule has 2 aliphatic carbocycles. The monoisotopic (exact) mass is 548 g/mol. The van der Waals surface area contributed by atoms with E-state index in [0.29, 0.717) is 23.6 Å². The summed E-state index contributed by atoms with van der Waals surface area (Å²) in [6.45, 7) is 8.10. The van der Waals surface area contributed by atoms with E-state index in [2.05, 4.69) is 10.0 Å². The summed E-state index contributed by atoms with van der Waals surface area (Å²) < 4.78 is 41.0.